The summed E-state index contributed by atoms with van der Waals surface area (Å²) >= 11 is 5.96. The fourth-order valence-electron chi connectivity index (χ4n) is 1.84. The largest absolute Gasteiger partial charge is 0.495 e. The number of nitrogens with zero attached hydrogens (tertiary/aromatic N) is 1. The molecule has 7 heteroatoms. The number of nitrogens with one attached hydrogen (secondary N) is 1. The minimum atomic E-state index is -0.651. The highest BCUT2D eigenvalue weighted by molar-refractivity contribution is 6.32. The van der Waals surface area contributed by atoms with Crippen LogP contribution in [0.3, 0.4) is 0 Å². The molecule has 1 N–H and O–H groups in total. The predicted octanol–water partition coefficient (Wildman–Crippen LogP) is 3.02. The van der Waals surface area contributed by atoms with Gasteiger partial charge >= 0.3 is 5.97 Å². The van der Waals surface area contributed by atoms with Crippen LogP contribution in [0.15, 0.2) is 42.5 Å². The lowest BCUT2D eigenvalue weighted by molar-refractivity contribution is -0.119. The van der Waals surface area contributed by atoms with Crippen LogP contribution < -0.4 is 10.1 Å². The van der Waals surface area contributed by atoms with Crippen LogP contribution in [0, 0.1) is 11.3 Å². The molecule has 0 fully saturated rings. The van der Waals surface area contributed by atoms with Crippen molar-refractivity contribution < 1.29 is 19.1 Å². The highest BCUT2D eigenvalue weighted by atomic mass is 35.5. The van der Waals surface area contributed by atoms with Gasteiger partial charge < -0.3 is 14.8 Å². The number of carbonyl (C=O) groups is 2. The smallest absolute Gasteiger partial charge is 0.338 e. The first-order chi connectivity index (χ1) is 11.5. The van der Waals surface area contributed by atoms with Gasteiger partial charge in [0.1, 0.15) is 5.75 Å². The molecule has 6 nitrogen and oxygen atoms in total. The molecule has 0 atom stereocenters. The number of benzene rings is 2. The second-order valence-electron chi connectivity index (χ2n) is 4.66. The number of esters is 1. The Hall–Kier alpha value is -3.04. The summed E-state index contributed by atoms with van der Waals surface area (Å²) in [4.78, 5) is 23.6. The summed E-state index contributed by atoms with van der Waals surface area (Å²) in [5.74, 6) is -0.664. The van der Waals surface area contributed by atoms with Crippen molar-refractivity contribution in [1.29, 1.82) is 5.26 Å². The van der Waals surface area contributed by atoms with Crippen LogP contribution in [-0.4, -0.2) is 25.6 Å². The number of nitriles is 1. The van der Waals surface area contributed by atoms with Gasteiger partial charge in [-0.2, -0.15) is 5.26 Å². The van der Waals surface area contributed by atoms with Crippen LogP contribution in [0.5, 0.6) is 5.75 Å². The quantitative estimate of drug-likeness (QED) is 0.842. The molecule has 0 radical (unpaired) electrons. The van der Waals surface area contributed by atoms with Crippen molar-refractivity contribution in [3.63, 3.8) is 0 Å². The topological polar surface area (TPSA) is 88.4 Å². The van der Waals surface area contributed by atoms with Crippen LogP contribution in [0.25, 0.3) is 0 Å². The molecule has 0 saturated carbocycles. The number of rotatable bonds is 5. The second-order valence-corrected chi connectivity index (χ2v) is 5.07. The molecule has 0 saturated heterocycles. The van der Waals surface area contributed by atoms with Crippen molar-refractivity contribution in [2.45, 2.75) is 0 Å². The Labute approximate surface area is 143 Å². The Kier molecular flexibility index (Phi) is 5.77. The molecular formula is C17H13ClN2O4. The zero-order valence-electron chi connectivity index (χ0n) is 12.7. The van der Waals surface area contributed by atoms with E-state index in [0.717, 1.165) is 0 Å². The van der Waals surface area contributed by atoms with Crippen molar-refractivity contribution in [2.24, 2.45) is 0 Å². The van der Waals surface area contributed by atoms with Crippen molar-refractivity contribution in [2.75, 3.05) is 19.0 Å². The molecule has 0 unspecified atom stereocenters. The van der Waals surface area contributed by atoms with Gasteiger partial charge in [-0.1, -0.05) is 11.6 Å². The summed E-state index contributed by atoms with van der Waals surface area (Å²) in [5, 5.41) is 11.6. The molecule has 0 spiro atoms. The Balaban J connectivity index is 1.89. The van der Waals surface area contributed by atoms with E-state index < -0.39 is 18.5 Å². The second kappa shape index (κ2) is 7.99. The Bertz CT molecular complexity index is 797. The zero-order chi connectivity index (χ0) is 17.5. The molecule has 2 rings (SSSR count). The van der Waals surface area contributed by atoms with E-state index in [-0.39, 0.29) is 5.56 Å². The van der Waals surface area contributed by atoms with E-state index in [4.69, 9.17) is 26.3 Å². The first-order valence-corrected chi connectivity index (χ1v) is 7.22. The maximum Gasteiger partial charge on any atom is 0.338 e. The SMILES string of the molecule is COc1ccc(NC(=O)COC(=O)c2ccc(C#N)cc2)cc1Cl. The van der Waals surface area contributed by atoms with E-state index in [2.05, 4.69) is 5.32 Å². The third-order valence-corrected chi connectivity index (χ3v) is 3.31. The van der Waals surface area contributed by atoms with Crippen LogP contribution in [0.1, 0.15) is 15.9 Å². The first-order valence-electron chi connectivity index (χ1n) is 6.84. The Morgan fingerprint density at radius 1 is 1.21 bits per heavy atom. The average Bonchev–Trinajstić information content (AvgIpc) is 2.60. The minimum Gasteiger partial charge on any atom is -0.495 e. The molecule has 0 aliphatic rings. The number of ether oxygens (including phenoxy) is 2. The van der Waals surface area contributed by atoms with Gasteiger partial charge in [0.15, 0.2) is 6.61 Å². The van der Waals surface area contributed by atoms with E-state index in [1.54, 1.807) is 12.1 Å². The van der Waals surface area contributed by atoms with Crippen molar-refractivity contribution in [1.82, 2.24) is 0 Å². The molecule has 0 aliphatic heterocycles. The van der Waals surface area contributed by atoms with Crippen molar-refractivity contribution in [3.8, 4) is 11.8 Å². The maximum atomic E-state index is 11.8. The molecular weight excluding hydrogens is 332 g/mol. The summed E-state index contributed by atoms with van der Waals surface area (Å²) in [6.45, 7) is -0.442. The van der Waals surface area contributed by atoms with Gasteiger partial charge in [-0.3, -0.25) is 4.79 Å². The monoisotopic (exact) mass is 344 g/mol. The lowest BCUT2D eigenvalue weighted by atomic mass is 10.1. The van der Waals surface area contributed by atoms with Crippen LogP contribution in [-0.2, 0) is 9.53 Å². The van der Waals surface area contributed by atoms with Crippen LogP contribution in [0.2, 0.25) is 5.02 Å². The normalized spacial score (nSPS) is 9.71. The van der Waals surface area contributed by atoms with E-state index in [0.29, 0.717) is 22.0 Å². The molecule has 0 heterocycles. The molecule has 2 aromatic carbocycles. The molecule has 24 heavy (non-hydrogen) atoms. The lowest BCUT2D eigenvalue weighted by Crippen LogP contribution is -2.20. The summed E-state index contributed by atoms with van der Waals surface area (Å²) in [6, 6.07) is 12.6. The molecule has 122 valence electrons. The van der Waals surface area contributed by atoms with Crippen molar-refractivity contribution in [3.05, 3.63) is 58.6 Å². The van der Waals surface area contributed by atoms with Gasteiger partial charge in [-0.05, 0) is 42.5 Å². The molecule has 0 aliphatic carbocycles. The molecule has 0 aromatic heterocycles. The third kappa shape index (κ3) is 4.48. The summed E-state index contributed by atoms with van der Waals surface area (Å²) in [6.07, 6.45) is 0. The fraction of sp³-hybridized carbons (Fsp3) is 0.118. The molecule has 2 aromatic rings. The van der Waals surface area contributed by atoms with Gasteiger partial charge in [-0.25, -0.2) is 4.79 Å². The number of methoxy groups -OCH3 is 1. The van der Waals surface area contributed by atoms with Crippen LogP contribution in [0.4, 0.5) is 5.69 Å². The summed E-state index contributed by atoms with van der Waals surface area (Å²) in [7, 11) is 1.49. The summed E-state index contributed by atoms with van der Waals surface area (Å²) < 4.78 is 9.93. The lowest BCUT2D eigenvalue weighted by Gasteiger charge is -2.08. The van der Waals surface area contributed by atoms with Gasteiger partial charge in [0, 0.05) is 5.69 Å². The van der Waals surface area contributed by atoms with E-state index in [9.17, 15) is 9.59 Å². The highest BCUT2D eigenvalue weighted by Gasteiger charge is 2.11. The first kappa shape index (κ1) is 17.3. The predicted molar refractivity (Wildman–Crippen MR) is 88.1 cm³/mol. The number of amides is 1. The number of halogens is 1. The van der Waals surface area contributed by atoms with Crippen LogP contribution >= 0.6 is 11.6 Å². The fourth-order valence-corrected chi connectivity index (χ4v) is 2.09. The maximum absolute atomic E-state index is 11.8. The van der Waals surface area contributed by atoms with Gasteiger partial charge in [0.2, 0.25) is 0 Å². The Morgan fingerprint density at radius 2 is 1.92 bits per heavy atom. The number of anilines is 1. The Morgan fingerprint density at radius 3 is 2.50 bits per heavy atom. The standard InChI is InChI=1S/C17H13ClN2O4/c1-23-15-7-6-13(8-14(15)18)20-16(21)10-24-17(22)12-4-2-11(9-19)3-5-12/h2-8H,10H2,1H3,(H,20,21). The summed E-state index contributed by atoms with van der Waals surface area (Å²) in [5.41, 5.74) is 1.15. The third-order valence-electron chi connectivity index (χ3n) is 3.02. The van der Waals surface area contributed by atoms with Gasteiger partial charge in [0.05, 0.1) is 29.3 Å². The molecule has 0 bridgehead atoms. The van der Waals surface area contributed by atoms with Gasteiger partial charge in [-0.15, -0.1) is 0 Å². The minimum absolute atomic E-state index is 0.259. The van der Waals surface area contributed by atoms with E-state index in [1.807, 2.05) is 6.07 Å². The highest BCUT2D eigenvalue weighted by Crippen LogP contribution is 2.27. The van der Waals surface area contributed by atoms with E-state index >= 15 is 0 Å². The van der Waals surface area contributed by atoms with E-state index in [1.165, 1.54) is 37.4 Å². The number of hydrogen-bond acceptors (Lipinski definition) is 5. The number of carbonyl (C=O) groups excluding carboxylic acids is 2. The molecule has 1 amide bonds. The zero-order valence-corrected chi connectivity index (χ0v) is 13.5. The van der Waals surface area contributed by atoms with Gasteiger partial charge in [0.25, 0.3) is 5.91 Å². The average molecular weight is 345 g/mol. The number of hydrogen-bond donors (Lipinski definition) is 1. The van der Waals surface area contributed by atoms with Crippen molar-refractivity contribution >= 4 is 29.2 Å².